The Hall–Kier alpha value is -2.48. The van der Waals surface area contributed by atoms with Crippen LogP contribution in [0.5, 0.6) is 0 Å². The Morgan fingerprint density at radius 3 is 2.84 bits per heavy atom. The van der Waals surface area contributed by atoms with Crippen LogP contribution < -0.4 is 16.4 Å². The van der Waals surface area contributed by atoms with Crippen LogP contribution in [0.25, 0.3) is 11.0 Å². The molecule has 8 heteroatoms. The Morgan fingerprint density at radius 1 is 1.36 bits per heavy atom. The molecule has 0 unspecified atom stereocenters. The maximum absolute atomic E-state index is 12.4. The highest BCUT2D eigenvalue weighted by atomic mass is 16.6. The van der Waals surface area contributed by atoms with Gasteiger partial charge in [-0.25, -0.2) is 19.7 Å². The second-order valence-corrected chi connectivity index (χ2v) is 7.31. The van der Waals surface area contributed by atoms with E-state index in [-0.39, 0.29) is 0 Å². The van der Waals surface area contributed by atoms with Gasteiger partial charge in [0.2, 0.25) is 0 Å². The average Bonchev–Trinajstić information content (AvgIpc) is 2.54. The van der Waals surface area contributed by atoms with Gasteiger partial charge in [0, 0.05) is 6.54 Å². The minimum atomic E-state index is -0.656. The molecule has 1 saturated heterocycles. The smallest absolute Gasteiger partial charge is 0.408 e. The van der Waals surface area contributed by atoms with Crippen molar-refractivity contribution in [3.63, 3.8) is 0 Å². The quantitative estimate of drug-likeness (QED) is 0.759. The van der Waals surface area contributed by atoms with Gasteiger partial charge in [-0.2, -0.15) is 0 Å². The van der Waals surface area contributed by atoms with E-state index < -0.39 is 17.2 Å². The molecule has 0 bridgehead atoms. The summed E-state index contributed by atoms with van der Waals surface area (Å²) in [5.74, 6) is 0.322. The number of nitrogens with two attached hydrogens (primary N) is 1. The van der Waals surface area contributed by atoms with Gasteiger partial charge >= 0.3 is 6.09 Å². The van der Waals surface area contributed by atoms with E-state index in [4.69, 9.17) is 10.5 Å². The number of alkyl carbamates (subject to hydrolysis) is 1. The molecule has 2 aromatic rings. The van der Waals surface area contributed by atoms with Crippen LogP contribution in [0.3, 0.4) is 0 Å². The SMILES string of the molecule is CC(C)(C)OC(=O)N[C@@]1(c2ccc3ncnc(N)c3n2)CCCNC1. The van der Waals surface area contributed by atoms with Gasteiger partial charge in [0.05, 0.1) is 16.7 Å². The lowest BCUT2D eigenvalue weighted by molar-refractivity contribution is 0.0428. The molecule has 1 aliphatic rings. The van der Waals surface area contributed by atoms with E-state index >= 15 is 0 Å². The number of hydrogen-bond acceptors (Lipinski definition) is 7. The monoisotopic (exact) mass is 344 g/mol. The molecule has 134 valence electrons. The van der Waals surface area contributed by atoms with Crippen molar-refractivity contribution < 1.29 is 9.53 Å². The Balaban J connectivity index is 1.98. The number of fused-ring (bicyclic) bond motifs is 1. The highest BCUT2D eigenvalue weighted by molar-refractivity contribution is 5.83. The number of amides is 1. The van der Waals surface area contributed by atoms with Crippen molar-refractivity contribution in [2.45, 2.75) is 44.8 Å². The molecule has 25 heavy (non-hydrogen) atoms. The highest BCUT2D eigenvalue weighted by Gasteiger charge is 2.38. The molecule has 1 aliphatic heterocycles. The first kappa shape index (κ1) is 17.3. The molecule has 0 saturated carbocycles. The molecule has 0 aliphatic carbocycles. The van der Waals surface area contributed by atoms with E-state index in [1.165, 1.54) is 6.33 Å². The number of nitrogens with zero attached hydrogens (tertiary/aromatic N) is 3. The van der Waals surface area contributed by atoms with E-state index in [0.717, 1.165) is 25.1 Å². The van der Waals surface area contributed by atoms with Crippen molar-refractivity contribution in [2.75, 3.05) is 18.8 Å². The number of anilines is 1. The third-order valence-corrected chi connectivity index (χ3v) is 4.12. The van der Waals surface area contributed by atoms with Crippen LogP contribution in [-0.4, -0.2) is 39.7 Å². The van der Waals surface area contributed by atoms with Gasteiger partial charge in [-0.15, -0.1) is 0 Å². The molecule has 1 fully saturated rings. The molecule has 3 heterocycles. The van der Waals surface area contributed by atoms with Crippen molar-refractivity contribution in [2.24, 2.45) is 0 Å². The lowest BCUT2D eigenvalue weighted by Gasteiger charge is -2.38. The summed E-state index contributed by atoms with van der Waals surface area (Å²) in [5, 5.41) is 6.35. The third-order valence-electron chi connectivity index (χ3n) is 4.12. The van der Waals surface area contributed by atoms with Gasteiger partial charge in [-0.3, -0.25) is 0 Å². The fourth-order valence-electron chi connectivity index (χ4n) is 3.02. The third kappa shape index (κ3) is 3.79. The van der Waals surface area contributed by atoms with Crippen LogP contribution in [-0.2, 0) is 10.3 Å². The minimum absolute atomic E-state index is 0.322. The summed E-state index contributed by atoms with van der Waals surface area (Å²) in [6.45, 7) is 6.98. The first-order valence-corrected chi connectivity index (χ1v) is 8.39. The average molecular weight is 344 g/mol. The van der Waals surface area contributed by atoms with E-state index in [1.54, 1.807) is 0 Å². The number of ether oxygens (including phenoxy) is 1. The lowest BCUT2D eigenvalue weighted by Crippen LogP contribution is -2.56. The van der Waals surface area contributed by atoms with Gasteiger partial charge < -0.3 is 21.1 Å². The topological polar surface area (TPSA) is 115 Å². The van der Waals surface area contributed by atoms with E-state index in [9.17, 15) is 4.79 Å². The zero-order valence-electron chi connectivity index (χ0n) is 14.8. The number of carbonyl (C=O) groups excluding carboxylic acids is 1. The number of rotatable bonds is 2. The first-order chi connectivity index (χ1) is 11.8. The van der Waals surface area contributed by atoms with Gasteiger partial charge in [-0.1, -0.05) is 0 Å². The number of nitrogens with one attached hydrogen (secondary N) is 2. The van der Waals surface area contributed by atoms with E-state index in [1.807, 2.05) is 32.9 Å². The van der Waals surface area contributed by atoms with Crippen LogP contribution >= 0.6 is 0 Å². The minimum Gasteiger partial charge on any atom is -0.444 e. The molecule has 0 radical (unpaired) electrons. The predicted molar refractivity (Wildman–Crippen MR) is 94.9 cm³/mol. The van der Waals surface area contributed by atoms with Crippen LogP contribution in [0, 0.1) is 0 Å². The van der Waals surface area contributed by atoms with Crippen molar-refractivity contribution in [3.05, 3.63) is 24.2 Å². The maximum Gasteiger partial charge on any atom is 0.408 e. The molecule has 3 rings (SSSR count). The van der Waals surface area contributed by atoms with Gasteiger partial charge in [-0.05, 0) is 52.3 Å². The number of nitrogen functional groups attached to an aromatic ring is 1. The van der Waals surface area contributed by atoms with Gasteiger partial charge in [0.1, 0.15) is 17.4 Å². The summed E-state index contributed by atoms with van der Waals surface area (Å²) >= 11 is 0. The zero-order valence-corrected chi connectivity index (χ0v) is 14.8. The number of pyridine rings is 1. The largest absolute Gasteiger partial charge is 0.444 e. The summed E-state index contributed by atoms with van der Waals surface area (Å²) in [7, 11) is 0. The Bertz CT molecular complexity index is 780. The van der Waals surface area contributed by atoms with Crippen molar-refractivity contribution in [1.29, 1.82) is 0 Å². The normalized spacial score (nSPS) is 21.1. The summed E-state index contributed by atoms with van der Waals surface area (Å²) in [4.78, 5) is 25.2. The van der Waals surface area contributed by atoms with Crippen LogP contribution in [0.2, 0.25) is 0 Å². The molecule has 8 nitrogen and oxygen atoms in total. The number of hydrogen-bond donors (Lipinski definition) is 3. The Kier molecular flexibility index (Phi) is 4.47. The zero-order chi connectivity index (χ0) is 18.1. The summed E-state index contributed by atoms with van der Waals surface area (Å²) in [6, 6.07) is 3.72. The maximum atomic E-state index is 12.4. The van der Waals surface area contributed by atoms with Crippen LogP contribution in [0.15, 0.2) is 18.5 Å². The molecular weight excluding hydrogens is 320 g/mol. The number of aromatic nitrogens is 3. The summed E-state index contributed by atoms with van der Waals surface area (Å²) in [6.07, 6.45) is 2.62. The summed E-state index contributed by atoms with van der Waals surface area (Å²) < 4.78 is 5.44. The molecular formula is C17H24N6O2. The van der Waals surface area contributed by atoms with Crippen LogP contribution in [0.4, 0.5) is 10.6 Å². The summed E-state index contributed by atoms with van der Waals surface area (Å²) in [5.41, 5.74) is 6.65. The van der Waals surface area contributed by atoms with Crippen LogP contribution in [0.1, 0.15) is 39.3 Å². The fraction of sp³-hybridized carbons (Fsp3) is 0.529. The number of carbonyl (C=O) groups is 1. The molecule has 2 aromatic heterocycles. The second-order valence-electron chi connectivity index (χ2n) is 7.31. The molecule has 1 atom stereocenters. The van der Waals surface area contributed by atoms with Gasteiger partial charge in [0.15, 0.2) is 5.82 Å². The Morgan fingerprint density at radius 2 is 2.16 bits per heavy atom. The van der Waals surface area contributed by atoms with Crippen molar-refractivity contribution >= 4 is 22.9 Å². The molecule has 4 N–H and O–H groups in total. The van der Waals surface area contributed by atoms with E-state index in [2.05, 4.69) is 25.6 Å². The number of piperidine rings is 1. The predicted octanol–water partition coefficient (Wildman–Crippen LogP) is 1.71. The molecule has 0 aromatic carbocycles. The van der Waals surface area contributed by atoms with Gasteiger partial charge in [0.25, 0.3) is 0 Å². The second kappa shape index (κ2) is 6.44. The van der Waals surface area contributed by atoms with E-state index in [0.29, 0.717) is 23.4 Å². The van der Waals surface area contributed by atoms with Crippen molar-refractivity contribution in [1.82, 2.24) is 25.6 Å². The lowest BCUT2D eigenvalue weighted by atomic mass is 9.86. The Labute approximate surface area is 146 Å². The highest BCUT2D eigenvalue weighted by Crippen LogP contribution is 2.29. The van der Waals surface area contributed by atoms with Crippen molar-refractivity contribution in [3.8, 4) is 0 Å². The fourth-order valence-corrected chi connectivity index (χ4v) is 3.02. The first-order valence-electron chi connectivity index (χ1n) is 8.39. The molecule has 1 amide bonds. The molecule has 0 spiro atoms. The standard InChI is InChI=1S/C17H24N6O2/c1-16(2,3)25-15(24)23-17(7-4-8-19-9-17)12-6-5-11-13(22-12)14(18)21-10-20-11/h5-6,10,19H,4,7-9H2,1-3H3,(H,23,24)(H2,18,20,21)/t17-/m0/s1.